The minimum atomic E-state index is -3.65. The van der Waals surface area contributed by atoms with Crippen molar-refractivity contribution >= 4 is 21.7 Å². The van der Waals surface area contributed by atoms with Gasteiger partial charge in [0.1, 0.15) is 0 Å². The van der Waals surface area contributed by atoms with Crippen LogP contribution in [0.15, 0.2) is 53.4 Å². The van der Waals surface area contributed by atoms with Crippen LogP contribution in [0.2, 0.25) is 0 Å². The largest absolute Gasteiger partial charge is 0.336 e. The second-order valence-electron chi connectivity index (χ2n) is 8.73. The summed E-state index contributed by atoms with van der Waals surface area (Å²) in [5, 5.41) is 0. The van der Waals surface area contributed by atoms with Gasteiger partial charge in [-0.25, -0.2) is 8.42 Å². The Kier molecular flexibility index (Phi) is 6.76. The zero-order chi connectivity index (χ0) is 22.7. The number of nitrogens with zero attached hydrogens (tertiary/aromatic N) is 2. The van der Waals surface area contributed by atoms with Gasteiger partial charge in [-0.3, -0.25) is 9.59 Å². The Morgan fingerprint density at radius 2 is 1.34 bits per heavy atom. The van der Waals surface area contributed by atoms with Crippen molar-refractivity contribution in [2.24, 2.45) is 0 Å². The van der Waals surface area contributed by atoms with Crippen LogP contribution >= 0.6 is 0 Å². The Hall–Kier alpha value is -2.51. The monoisotopic (exact) mass is 454 g/mol. The number of benzene rings is 2. The summed E-state index contributed by atoms with van der Waals surface area (Å²) in [4.78, 5) is 26.3. The molecule has 0 radical (unpaired) electrons. The second-order valence-corrected chi connectivity index (χ2v) is 10.7. The number of Topliss-reactive ketones (excluding diaryl/α,β-unsaturated/α-hetero) is 1. The first kappa shape index (κ1) is 22.7. The summed E-state index contributed by atoms with van der Waals surface area (Å²) in [6.45, 7) is 2.66. The van der Waals surface area contributed by atoms with Gasteiger partial charge in [-0.2, -0.15) is 4.31 Å². The van der Waals surface area contributed by atoms with E-state index in [1.165, 1.54) is 73.2 Å². The molecule has 32 heavy (non-hydrogen) atoms. The third-order valence-electron chi connectivity index (χ3n) is 6.66. The van der Waals surface area contributed by atoms with Crippen molar-refractivity contribution in [3.8, 4) is 0 Å². The van der Waals surface area contributed by atoms with E-state index in [-0.39, 0.29) is 29.7 Å². The van der Waals surface area contributed by atoms with Crippen molar-refractivity contribution in [3.63, 3.8) is 0 Å². The minimum absolute atomic E-state index is 0.0527. The van der Waals surface area contributed by atoms with Gasteiger partial charge in [0.2, 0.25) is 10.0 Å². The third-order valence-corrected chi connectivity index (χ3v) is 8.57. The van der Waals surface area contributed by atoms with Crippen LogP contribution in [0.25, 0.3) is 0 Å². The van der Waals surface area contributed by atoms with E-state index in [2.05, 4.69) is 12.1 Å². The van der Waals surface area contributed by atoms with Crippen molar-refractivity contribution in [2.75, 3.05) is 26.2 Å². The van der Waals surface area contributed by atoms with E-state index >= 15 is 0 Å². The maximum Gasteiger partial charge on any atom is 0.253 e. The molecule has 1 amide bonds. The zero-order valence-electron chi connectivity index (χ0n) is 18.5. The van der Waals surface area contributed by atoms with E-state index in [1.54, 1.807) is 4.90 Å². The minimum Gasteiger partial charge on any atom is -0.336 e. The first-order valence-electron chi connectivity index (χ1n) is 11.4. The van der Waals surface area contributed by atoms with Crippen LogP contribution in [-0.4, -0.2) is 55.5 Å². The molecule has 0 spiro atoms. The van der Waals surface area contributed by atoms with E-state index in [9.17, 15) is 18.0 Å². The number of amides is 1. The fourth-order valence-corrected chi connectivity index (χ4v) is 6.08. The van der Waals surface area contributed by atoms with Crippen LogP contribution in [0.5, 0.6) is 0 Å². The highest BCUT2D eigenvalue weighted by atomic mass is 32.2. The number of rotatable bonds is 5. The van der Waals surface area contributed by atoms with Crippen molar-refractivity contribution in [3.05, 3.63) is 65.2 Å². The van der Waals surface area contributed by atoms with Gasteiger partial charge in [0.25, 0.3) is 5.91 Å². The Bertz CT molecular complexity index is 1060. The summed E-state index contributed by atoms with van der Waals surface area (Å²) in [6, 6.07) is 14.0. The van der Waals surface area contributed by atoms with Gasteiger partial charge in [0, 0.05) is 37.3 Å². The summed E-state index contributed by atoms with van der Waals surface area (Å²) in [6.07, 6.45) is 6.32. The Balaban J connectivity index is 1.37. The lowest BCUT2D eigenvalue weighted by Gasteiger charge is -2.34. The molecule has 2 aliphatic rings. The van der Waals surface area contributed by atoms with E-state index < -0.39 is 10.0 Å². The van der Waals surface area contributed by atoms with Crippen molar-refractivity contribution < 1.29 is 18.0 Å². The highest BCUT2D eigenvalue weighted by Crippen LogP contribution is 2.32. The molecule has 2 fully saturated rings. The van der Waals surface area contributed by atoms with Gasteiger partial charge >= 0.3 is 0 Å². The maximum absolute atomic E-state index is 12.9. The number of piperazine rings is 1. The quantitative estimate of drug-likeness (QED) is 0.638. The van der Waals surface area contributed by atoms with E-state index in [4.69, 9.17) is 0 Å². The van der Waals surface area contributed by atoms with Gasteiger partial charge in [-0.15, -0.1) is 0 Å². The topological polar surface area (TPSA) is 74.8 Å². The maximum atomic E-state index is 12.9. The van der Waals surface area contributed by atoms with Crippen LogP contribution in [0.1, 0.15) is 71.2 Å². The lowest BCUT2D eigenvalue weighted by molar-refractivity contribution is 0.0697. The molecule has 0 atom stereocenters. The molecule has 2 aromatic carbocycles. The second kappa shape index (κ2) is 9.55. The van der Waals surface area contributed by atoms with Crippen LogP contribution in [0.4, 0.5) is 0 Å². The van der Waals surface area contributed by atoms with E-state index in [1.807, 2.05) is 12.1 Å². The summed E-state index contributed by atoms with van der Waals surface area (Å²) >= 11 is 0. The van der Waals surface area contributed by atoms with Gasteiger partial charge in [0.15, 0.2) is 5.78 Å². The van der Waals surface area contributed by atoms with Gasteiger partial charge in [0.05, 0.1) is 4.90 Å². The molecule has 4 rings (SSSR count). The lowest BCUT2D eigenvalue weighted by atomic mass is 9.84. The van der Waals surface area contributed by atoms with Crippen molar-refractivity contribution in [1.29, 1.82) is 0 Å². The fraction of sp³-hybridized carbons (Fsp3) is 0.440. The molecule has 1 saturated carbocycles. The first-order chi connectivity index (χ1) is 15.4. The van der Waals surface area contributed by atoms with E-state index in [0.717, 1.165) is 0 Å². The average molecular weight is 455 g/mol. The number of ketones is 1. The fourth-order valence-electron chi connectivity index (χ4n) is 4.66. The molecule has 0 aromatic heterocycles. The lowest BCUT2D eigenvalue weighted by Crippen LogP contribution is -2.50. The molecule has 1 heterocycles. The predicted molar refractivity (Wildman–Crippen MR) is 123 cm³/mol. The van der Waals surface area contributed by atoms with Gasteiger partial charge < -0.3 is 4.90 Å². The average Bonchev–Trinajstić information content (AvgIpc) is 2.84. The molecule has 0 bridgehead atoms. The van der Waals surface area contributed by atoms with Crippen LogP contribution in [0.3, 0.4) is 0 Å². The highest BCUT2D eigenvalue weighted by molar-refractivity contribution is 7.89. The number of hydrogen-bond donors (Lipinski definition) is 0. The molecule has 1 aliphatic heterocycles. The highest BCUT2D eigenvalue weighted by Gasteiger charge is 2.30. The molecule has 7 heteroatoms. The van der Waals surface area contributed by atoms with Crippen molar-refractivity contribution in [1.82, 2.24) is 9.21 Å². The smallest absolute Gasteiger partial charge is 0.253 e. The number of sulfonamides is 1. The molecule has 0 unspecified atom stereocenters. The molecule has 6 nitrogen and oxygen atoms in total. The van der Waals surface area contributed by atoms with Crippen LogP contribution in [-0.2, 0) is 10.0 Å². The molecule has 170 valence electrons. The van der Waals surface area contributed by atoms with Crippen LogP contribution < -0.4 is 0 Å². The summed E-state index contributed by atoms with van der Waals surface area (Å²) < 4.78 is 27.3. The molecular formula is C25H30N2O4S. The Morgan fingerprint density at radius 1 is 0.781 bits per heavy atom. The first-order valence-corrected chi connectivity index (χ1v) is 12.8. The summed E-state index contributed by atoms with van der Waals surface area (Å²) in [5.74, 6) is 0.446. The summed E-state index contributed by atoms with van der Waals surface area (Å²) in [7, 11) is -3.65. The zero-order valence-corrected chi connectivity index (χ0v) is 19.3. The van der Waals surface area contributed by atoms with Crippen molar-refractivity contribution in [2.45, 2.75) is 49.8 Å². The Morgan fingerprint density at radius 3 is 1.91 bits per heavy atom. The number of carbonyl (C=O) groups is 2. The molecular weight excluding hydrogens is 424 g/mol. The Labute approximate surface area is 190 Å². The third kappa shape index (κ3) is 4.79. The number of carbonyl (C=O) groups excluding carboxylic acids is 2. The standard InChI is InChI=1S/C25H30N2O4S/c1-19(28)20-11-13-24(14-12-20)32(30,31)27-17-15-26(16-18-27)25(29)23-9-7-22(8-10-23)21-5-3-2-4-6-21/h7-14,21H,2-6,15-18H2,1H3. The molecule has 1 saturated heterocycles. The molecule has 0 N–H and O–H groups in total. The molecule has 1 aliphatic carbocycles. The normalized spacial score (nSPS) is 18.5. The van der Waals surface area contributed by atoms with E-state index in [0.29, 0.717) is 30.1 Å². The van der Waals surface area contributed by atoms with Crippen LogP contribution in [0, 0.1) is 0 Å². The van der Waals surface area contributed by atoms with Gasteiger partial charge in [-0.05, 0) is 55.5 Å². The number of hydrogen-bond acceptors (Lipinski definition) is 4. The molecule has 2 aromatic rings. The predicted octanol–water partition coefficient (Wildman–Crippen LogP) is 4.08. The summed E-state index contributed by atoms with van der Waals surface area (Å²) in [5.41, 5.74) is 2.45. The van der Waals surface area contributed by atoms with Gasteiger partial charge in [-0.1, -0.05) is 43.5 Å². The SMILES string of the molecule is CC(=O)c1ccc(S(=O)(=O)N2CCN(C(=O)c3ccc(C4CCCCC4)cc3)CC2)cc1.